The second-order valence-corrected chi connectivity index (χ2v) is 7.69. The zero-order chi connectivity index (χ0) is 13.4. The maximum atomic E-state index is 11.5. The number of carboxylic acids is 1. The van der Waals surface area contributed by atoms with Crippen LogP contribution in [0.1, 0.15) is 20.3 Å². The molecule has 98 valence electrons. The van der Waals surface area contributed by atoms with E-state index in [1.54, 1.807) is 0 Å². The largest absolute Gasteiger partial charge is 0.481 e. The quantitative estimate of drug-likeness (QED) is 0.706. The molecule has 1 fully saturated rings. The molecule has 0 unspecified atom stereocenters. The highest BCUT2D eigenvalue weighted by atomic mass is 32.2. The summed E-state index contributed by atoms with van der Waals surface area (Å²) >= 11 is 0. The van der Waals surface area contributed by atoms with Crippen molar-refractivity contribution in [3.05, 3.63) is 0 Å². The molecule has 0 aromatic rings. The average molecular weight is 263 g/mol. The van der Waals surface area contributed by atoms with E-state index >= 15 is 0 Å². The zero-order valence-corrected chi connectivity index (χ0v) is 10.9. The van der Waals surface area contributed by atoms with Crippen molar-refractivity contribution in [1.29, 1.82) is 0 Å². The Morgan fingerprint density at radius 3 is 2.24 bits per heavy atom. The van der Waals surface area contributed by atoms with Crippen molar-refractivity contribution < 1.29 is 23.1 Å². The summed E-state index contributed by atoms with van der Waals surface area (Å²) in [5.41, 5.74) is 0. The van der Waals surface area contributed by atoms with Crippen LogP contribution in [0.5, 0.6) is 0 Å². The van der Waals surface area contributed by atoms with E-state index in [4.69, 9.17) is 5.11 Å². The van der Waals surface area contributed by atoms with Crippen molar-refractivity contribution in [2.75, 3.05) is 12.8 Å². The molecule has 1 saturated carbocycles. The zero-order valence-electron chi connectivity index (χ0n) is 10.1. The monoisotopic (exact) mass is 263 g/mol. The number of carbonyl (C=O) groups excluding carboxylic acids is 1. The van der Waals surface area contributed by atoms with Gasteiger partial charge in [0.25, 0.3) is 0 Å². The fraction of sp³-hybridized carbons (Fsp3) is 0.800. The summed E-state index contributed by atoms with van der Waals surface area (Å²) in [5, 5.41) is 11.1. The highest BCUT2D eigenvalue weighted by Gasteiger charge is 2.48. The van der Waals surface area contributed by atoms with Crippen LogP contribution < -0.4 is 5.32 Å². The van der Waals surface area contributed by atoms with Crippen LogP contribution in [0.4, 0.5) is 0 Å². The lowest BCUT2D eigenvalue weighted by Crippen LogP contribution is -2.44. The third-order valence-corrected chi connectivity index (χ3v) is 5.29. The van der Waals surface area contributed by atoms with Gasteiger partial charge in [0.2, 0.25) is 5.91 Å². The molecule has 17 heavy (non-hydrogen) atoms. The molecular formula is C10H17NO5S. The Bertz CT molecular complexity index is 440. The maximum Gasteiger partial charge on any atom is 0.307 e. The molecule has 2 atom stereocenters. The van der Waals surface area contributed by atoms with Crippen LogP contribution in [-0.4, -0.2) is 42.9 Å². The van der Waals surface area contributed by atoms with Crippen molar-refractivity contribution in [1.82, 2.24) is 5.32 Å². The van der Waals surface area contributed by atoms with Crippen LogP contribution in [0.15, 0.2) is 0 Å². The number of carbonyl (C=O) groups is 2. The molecular weight excluding hydrogens is 246 g/mol. The third kappa shape index (κ3) is 3.18. The Labute approximate surface area is 100 Å². The van der Waals surface area contributed by atoms with Gasteiger partial charge in [0.1, 0.15) is 0 Å². The Balaban J connectivity index is 2.48. The van der Waals surface area contributed by atoms with Gasteiger partial charge in [-0.25, -0.2) is 8.42 Å². The summed E-state index contributed by atoms with van der Waals surface area (Å²) in [6.07, 6.45) is 1.44. The molecule has 1 aliphatic rings. The molecule has 0 aliphatic heterocycles. The summed E-state index contributed by atoms with van der Waals surface area (Å²) in [6.45, 7) is 3.03. The van der Waals surface area contributed by atoms with Crippen molar-refractivity contribution in [2.24, 2.45) is 11.8 Å². The fourth-order valence-electron chi connectivity index (χ4n) is 1.32. The molecule has 0 radical (unpaired) electrons. The van der Waals surface area contributed by atoms with Crippen molar-refractivity contribution in [3.63, 3.8) is 0 Å². The summed E-state index contributed by atoms with van der Waals surface area (Å²) < 4.78 is 21.7. The molecule has 0 aromatic carbocycles. The molecule has 0 bridgehead atoms. The Morgan fingerprint density at radius 2 is 1.88 bits per heavy atom. The molecule has 0 aromatic heterocycles. The topological polar surface area (TPSA) is 101 Å². The van der Waals surface area contributed by atoms with E-state index < -0.39 is 32.4 Å². The highest BCUT2D eigenvalue weighted by Crippen LogP contribution is 2.38. The first-order valence-electron chi connectivity index (χ1n) is 5.26. The molecule has 1 rings (SSSR count). The van der Waals surface area contributed by atoms with Crippen LogP contribution in [0.3, 0.4) is 0 Å². The summed E-state index contributed by atoms with van der Waals surface area (Å²) in [7, 11) is -3.26. The first-order chi connectivity index (χ1) is 7.56. The lowest BCUT2D eigenvalue weighted by atomic mass is 10.2. The summed E-state index contributed by atoms with van der Waals surface area (Å²) in [6, 6.07) is 0. The van der Waals surface area contributed by atoms with E-state index in [1.807, 2.05) is 0 Å². The molecule has 0 spiro atoms. The highest BCUT2D eigenvalue weighted by molar-refractivity contribution is 7.92. The van der Waals surface area contributed by atoms with Crippen molar-refractivity contribution >= 4 is 21.7 Å². The van der Waals surface area contributed by atoms with Crippen LogP contribution in [0, 0.1) is 11.8 Å². The minimum Gasteiger partial charge on any atom is -0.481 e. The number of sulfone groups is 1. The molecule has 6 nitrogen and oxygen atoms in total. The molecule has 0 saturated heterocycles. The number of rotatable bonds is 5. The summed E-state index contributed by atoms with van der Waals surface area (Å²) in [5.74, 6) is -2.49. The number of amides is 1. The predicted molar refractivity (Wildman–Crippen MR) is 61.2 cm³/mol. The average Bonchev–Trinajstić information content (AvgIpc) is 2.91. The number of nitrogens with one attached hydrogen (secondary N) is 1. The number of aliphatic carboxylic acids is 1. The van der Waals surface area contributed by atoms with Crippen molar-refractivity contribution in [3.8, 4) is 0 Å². The first kappa shape index (κ1) is 14.0. The van der Waals surface area contributed by atoms with Gasteiger partial charge in [-0.15, -0.1) is 0 Å². The van der Waals surface area contributed by atoms with Crippen LogP contribution in [0.2, 0.25) is 0 Å². The number of hydrogen-bond donors (Lipinski definition) is 2. The van der Waals surface area contributed by atoms with Gasteiger partial charge in [0.15, 0.2) is 9.84 Å². The second kappa shape index (κ2) is 4.29. The van der Waals surface area contributed by atoms with Gasteiger partial charge < -0.3 is 10.4 Å². The van der Waals surface area contributed by atoms with E-state index in [9.17, 15) is 18.0 Å². The van der Waals surface area contributed by atoms with Crippen LogP contribution in [-0.2, 0) is 19.4 Å². The standard InChI is InChI=1S/C10H17NO5S/c1-10(2,17(3,15)16)5-11-8(12)6-4-7(6)9(13)14/h6-7H,4-5H2,1-3H3,(H,11,12)(H,13,14)/t6-,7+/m1/s1. The van der Waals surface area contributed by atoms with Gasteiger partial charge in [-0.1, -0.05) is 0 Å². The molecule has 7 heteroatoms. The molecule has 0 heterocycles. The smallest absolute Gasteiger partial charge is 0.307 e. The van der Waals surface area contributed by atoms with E-state index in [0.29, 0.717) is 6.42 Å². The van der Waals surface area contributed by atoms with Gasteiger partial charge in [0.05, 0.1) is 16.6 Å². The molecule has 1 aliphatic carbocycles. The van der Waals surface area contributed by atoms with Crippen LogP contribution in [0.25, 0.3) is 0 Å². The van der Waals surface area contributed by atoms with E-state index in [1.165, 1.54) is 13.8 Å². The van der Waals surface area contributed by atoms with E-state index in [0.717, 1.165) is 6.26 Å². The minimum absolute atomic E-state index is 0.00644. The summed E-state index contributed by atoms with van der Waals surface area (Å²) in [4.78, 5) is 22.1. The SMILES string of the molecule is CC(C)(CNC(=O)[C@@H]1C[C@@H]1C(=O)O)S(C)(=O)=O. The Hall–Kier alpha value is -1.11. The molecule has 1 amide bonds. The lowest BCUT2D eigenvalue weighted by Gasteiger charge is -2.22. The second-order valence-electron chi connectivity index (χ2n) is 5.04. The lowest BCUT2D eigenvalue weighted by molar-refractivity contribution is -0.140. The Morgan fingerprint density at radius 1 is 1.35 bits per heavy atom. The fourth-order valence-corrected chi connectivity index (χ4v) is 1.65. The number of carboxylic acid groups (broad SMARTS) is 1. The predicted octanol–water partition coefficient (Wildman–Crippen LogP) is -0.353. The first-order valence-corrected chi connectivity index (χ1v) is 7.15. The van der Waals surface area contributed by atoms with Gasteiger partial charge in [-0.2, -0.15) is 0 Å². The van der Waals surface area contributed by atoms with Gasteiger partial charge in [-0.3, -0.25) is 9.59 Å². The van der Waals surface area contributed by atoms with Gasteiger partial charge in [-0.05, 0) is 20.3 Å². The normalized spacial score (nSPS) is 24.2. The van der Waals surface area contributed by atoms with E-state index in [2.05, 4.69) is 5.32 Å². The van der Waals surface area contributed by atoms with Gasteiger partial charge in [0, 0.05) is 12.8 Å². The maximum absolute atomic E-state index is 11.5. The molecule has 2 N–H and O–H groups in total. The van der Waals surface area contributed by atoms with Gasteiger partial charge >= 0.3 is 5.97 Å². The van der Waals surface area contributed by atoms with Crippen LogP contribution >= 0.6 is 0 Å². The van der Waals surface area contributed by atoms with Crippen molar-refractivity contribution in [2.45, 2.75) is 25.0 Å². The Kier molecular flexibility index (Phi) is 3.52. The van der Waals surface area contributed by atoms with E-state index in [-0.39, 0.29) is 12.5 Å². The minimum atomic E-state index is -3.26. The third-order valence-electron chi connectivity index (χ3n) is 3.14. The number of hydrogen-bond acceptors (Lipinski definition) is 4.